The van der Waals surface area contributed by atoms with Crippen LogP contribution < -0.4 is 10.2 Å². The molecule has 0 bridgehead atoms. The number of carbonyl (C=O) groups excluding carboxylic acids is 1. The van der Waals surface area contributed by atoms with Gasteiger partial charge in [-0.3, -0.25) is 9.89 Å². The van der Waals surface area contributed by atoms with Gasteiger partial charge < -0.3 is 15.1 Å². The van der Waals surface area contributed by atoms with Crippen molar-refractivity contribution in [3.8, 4) is 0 Å². The van der Waals surface area contributed by atoms with Gasteiger partial charge in [-0.25, -0.2) is 9.97 Å². The third-order valence-electron chi connectivity index (χ3n) is 5.56. The van der Waals surface area contributed by atoms with Gasteiger partial charge in [0.15, 0.2) is 0 Å². The van der Waals surface area contributed by atoms with Gasteiger partial charge in [0.25, 0.3) is 5.91 Å². The smallest absolute Gasteiger partial charge is 0.291 e. The molecule has 1 amide bonds. The number of anilines is 1. The molecule has 1 aliphatic rings. The molecule has 0 aliphatic carbocycles. The van der Waals surface area contributed by atoms with Crippen molar-refractivity contribution in [1.82, 2.24) is 30.4 Å². The number of benzene rings is 1. The van der Waals surface area contributed by atoms with Gasteiger partial charge in [0, 0.05) is 56.4 Å². The standard InChI is InChI=1S/C21H27N7O/c1-13-14(2)23-19(21(29)27(3)4)24-20(13)28-10-9-15(12-28)22-11-18-16-7-5-6-8-17(16)25-26-18/h5-8,15,22H,9-12H2,1-4H3,(H,25,26)/t15-/m1/s1. The zero-order chi connectivity index (χ0) is 20.5. The highest BCUT2D eigenvalue weighted by atomic mass is 16.2. The second-order valence-electron chi connectivity index (χ2n) is 7.81. The van der Waals surface area contributed by atoms with Crippen LogP contribution in [0.25, 0.3) is 10.9 Å². The summed E-state index contributed by atoms with van der Waals surface area (Å²) >= 11 is 0. The van der Waals surface area contributed by atoms with Crippen molar-refractivity contribution in [2.45, 2.75) is 32.9 Å². The number of nitrogens with zero attached hydrogens (tertiary/aromatic N) is 5. The van der Waals surface area contributed by atoms with E-state index in [2.05, 4.69) is 36.4 Å². The van der Waals surface area contributed by atoms with E-state index in [4.69, 9.17) is 0 Å². The van der Waals surface area contributed by atoms with E-state index in [1.807, 2.05) is 32.0 Å². The molecule has 4 rings (SSSR count). The first-order valence-electron chi connectivity index (χ1n) is 9.91. The summed E-state index contributed by atoms with van der Waals surface area (Å²) < 4.78 is 0. The summed E-state index contributed by atoms with van der Waals surface area (Å²) in [6, 6.07) is 8.48. The van der Waals surface area contributed by atoms with E-state index in [1.54, 1.807) is 14.1 Å². The maximum absolute atomic E-state index is 12.3. The summed E-state index contributed by atoms with van der Waals surface area (Å²) in [4.78, 5) is 25.1. The second kappa shape index (κ2) is 7.79. The number of aromatic amines is 1. The number of hydrogen-bond donors (Lipinski definition) is 2. The van der Waals surface area contributed by atoms with Crippen molar-refractivity contribution >= 4 is 22.6 Å². The summed E-state index contributed by atoms with van der Waals surface area (Å²) in [6.07, 6.45) is 1.02. The van der Waals surface area contributed by atoms with Crippen molar-refractivity contribution in [2.75, 3.05) is 32.1 Å². The number of fused-ring (bicyclic) bond motifs is 1. The van der Waals surface area contributed by atoms with E-state index in [0.717, 1.165) is 59.7 Å². The summed E-state index contributed by atoms with van der Waals surface area (Å²) in [6.45, 7) is 6.44. The highest BCUT2D eigenvalue weighted by molar-refractivity contribution is 5.90. The van der Waals surface area contributed by atoms with E-state index >= 15 is 0 Å². The predicted octanol–water partition coefficient (Wildman–Crippen LogP) is 2.04. The molecule has 0 spiro atoms. The third kappa shape index (κ3) is 3.80. The number of carbonyl (C=O) groups is 1. The van der Waals surface area contributed by atoms with E-state index in [-0.39, 0.29) is 11.7 Å². The molecule has 1 fully saturated rings. The fraction of sp³-hybridized carbons (Fsp3) is 0.429. The lowest BCUT2D eigenvalue weighted by atomic mass is 10.2. The van der Waals surface area contributed by atoms with Crippen LogP contribution in [-0.2, 0) is 6.54 Å². The fourth-order valence-electron chi connectivity index (χ4n) is 3.73. The molecule has 3 aromatic rings. The van der Waals surface area contributed by atoms with Gasteiger partial charge in [0.2, 0.25) is 5.82 Å². The van der Waals surface area contributed by atoms with Crippen LogP contribution in [-0.4, -0.2) is 64.2 Å². The molecule has 2 N–H and O–H groups in total. The Bertz CT molecular complexity index is 1040. The molecule has 29 heavy (non-hydrogen) atoms. The zero-order valence-corrected chi connectivity index (χ0v) is 17.4. The fourth-order valence-corrected chi connectivity index (χ4v) is 3.73. The molecule has 2 aromatic heterocycles. The number of H-pyrrole nitrogens is 1. The molecule has 0 saturated carbocycles. The van der Waals surface area contributed by atoms with E-state index in [1.165, 1.54) is 4.90 Å². The minimum atomic E-state index is -0.172. The average Bonchev–Trinajstić information content (AvgIpc) is 3.34. The number of nitrogens with one attached hydrogen (secondary N) is 2. The first kappa shape index (κ1) is 19.3. The van der Waals surface area contributed by atoms with Gasteiger partial charge >= 0.3 is 0 Å². The van der Waals surface area contributed by atoms with Crippen molar-refractivity contribution < 1.29 is 4.79 Å². The zero-order valence-electron chi connectivity index (χ0n) is 17.4. The summed E-state index contributed by atoms with van der Waals surface area (Å²) in [7, 11) is 3.44. The first-order valence-corrected chi connectivity index (χ1v) is 9.91. The Balaban J connectivity index is 1.46. The minimum absolute atomic E-state index is 0.172. The molecule has 0 radical (unpaired) electrons. The summed E-state index contributed by atoms with van der Waals surface area (Å²) in [5, 5.41) is 12.3. The molecule has 1 saturated heterocycles. The largest absolute Gasteiger partial charge is 0.355 e. The van der Waals surface area contributed by atoms with E-state index < -0.39 is 0 Å². The average molecular weight is 393 g/mol. The van der Waals surface area contributed by atoms with Gasteiger partial charge in [0.1, 0.15) is 5.82 Å². The second-order valence-corrected chi connectivity index (χ2v) is 7.81. The lowest BCUT2D eigenvalue weighted by Crippen LogP contribution is -2.33. The lowest BCUT2D eigenvalue weighted by Gasteiger charge is -2.22. The molecular formula is C21H27N7O. The number of para-hydroxylation sites is 1. The molecule has 1 aromatic carbocycles. The van der Waals surface area contributed by atoms with Crippen LogP contribution in [0.2, 0.25) is 0 Å². The number of aromatic nitrogens is 4. The van der Waals surface area contributed by atoms with Crippen LogP contribution in [0.4, 0.5) is 5.82 Å². The molecule has 1 atom stereocenters. The summed E-state index contributed by atoms with van der Waals surface area (Å²) in [5.41, 5.74) is 3.97. The van der Waals surface area contributed by atoms with Crippen molar-refractivity contribution in [3.05, 3.63) is 47.0 Å². The maximum Gasteiger partial charge on any atom is 0.291 e. The van der Waals surface area contributed by atoms with E-state index in [9.17, 15) is 4.79 Å². The Morgan fingerprint density at radius 1 is 1.28 bits per heavy atom. The number of aryl methyl sites for hydroxylation is 1. The molecule has 3 heterocycles. The summed E-state index contributed by atoms with van der Waals surface area (Å²) in [5.74, 6) is 0.946. The monoisotopic (exact) mass is 393 g/mol. The van der Waals surface area contributed by atoms with Crippen molar-refractivity contribution in [2.24, 2.45) is 0 Å². The van der Waals surface area contributed by atoms with Crippen LogP contribution in [0.1, 0.15) is 34.0 Å². The number of amides is 1. The Morgan fingerprint density at radius 2 is 2.07 bits per heavy atom. The highest BCUT2D eigenvalue weighted by Gasteiger charge is 2.27. The SMILES string of the molecule is Cc1nc(C(=O)N(C)C)nc(N2CC[C@@H](NCc3[nH]nc4ccccc34)C2)c1C. The van der Waals surface area contributed by atoms with Crippen LogP contribution in [0, 0.1) is 13.8 Å². The Kier molecular flexibility index (Phi) is 5.19. The maximum atomic E-state index is 12.3. The first-order chi connectivity index (χ1) is 13.9. The molecular weight excluding hydrogens is 366 g/mol. The van der Waals surface area contributed by atoms with Gasteiger partial charge in [-0.15, -0.1) is 0 Å². The molecule has 8 heteroatoms. The van der Waals surface area contributed by atoms with Crippen molar-refractivity contribution in [1.29, 1.82) is 0 Å². The Hall–Kier alpha value is -3.00. The minimum Gasteiger partial charge on any atom is -0.355 e. The van der Waals surface area contributed by atoms with Gasteiger partial charge in [-0.1, -0.05) is 18.2 Å². The highest BCUT2D eigenvalue weighted by Crippen LogP contribution is 2.24. The quantitative estimate of drug-likeness (QED) is 0.689. The predicted molar refractivity (Wildman–Crippen MR) is 113 cm³/mol. The molecule has 8 nitrogen and oxygen atoms in total. The normalized spacial score (nSPS) is 16.6. The molecule has 1 aliphatic heterocycles. The molecule has 152 valence electrons. The van der Waals surface area contributed by atoms with Crippen LogP contribution in [0.15, 0.2) is 24.3 Å². The molecule has 0 unspecified atom stereocenters. The van der Waals surface area contributed by atoms with Crippen LogP contribution >= 0.6 is 0 Å². The third-order valence-corrected chi connectivity index (χ3v) is 5.56. The van der Waals surface area contributed by atoms with Crippen LogP contribution in [0.3, 0.4) is 0 Å². The number of rotatable bonds is 5. The Morgan fingerprint density at radius 3 is 2.86 bits per heavy atom. The topological polar surface area (TPSA) is 90.0 Å². The number of hydrogen-bond acceptors (Lipinski definition) is 6. The van der Waals surface area contributed by atoms with Gasteiger partial charge in [0.05, 0.1) is 11.2 Å². The lowest BCUT2D eigenvalue weighted by molar-refractivity contribution is 0.0815. The van der Waals surface area contributed by atoms with Gasteiger partial charge in [-0.2, -0.15) is 5.10 Å². The van der Waals surface area contributed by atoms with E-state index in [0.29, 0.717) is 6.04 Å². The Labute approximate surface area is 170 Å². The van der Waals surface area contributed by atoms with Crippen LogP contribution in [0.5, 0.6) is 0 Å². The van der Waals surface area contributed by atoms with Gasteiger partial charge in [-0.05, 0) is 26.3 Å². The van der Waals surface area contributed by atoms with Crippen molar-refractivity contribution in [3.63, 3.8) is 0 Å².